The van der Waals surface area contributed by atoms with E-state index < -0.39 is 55.4 Å². The van der Waals surface area contributed by atoms with Crippen LogP contribution in [-0.4, -0.2) is 89.0 Å². The van der Waals surface area contributed by atoms with Crippen molar-refractivity contribution in [3.63, 3.8) is 0 Å². The molecule has 0 amide bonds. The molecule has 0 aromatic rings. The van der Waals surface area contributed by atoms with Crippen LogP contribution in [0.5, 0.6) is 0 Å². The molecule has 1 saturated heterocycles. The Labute approximate surface area is 364 Å². The van der Waals surface area contributed by atoms with Crippen molar-refractivity contribution in [3.8, 4) is 0 Å². The van der Waals surface area contributed by atoms with E-state index in [1.165, 1.54) is 77.0 Å². The van der Waals surface area contributed by atoms with Crippen LogP contribution in [-0.2, 0) is 28.5 Å². The van der Waals surface area contributed by atoms with E-state index in [0.29, 0.717) is 12.8 Å². The largest absolute Gasteiger partial charge is 0.462 e. The number of carbonyl (C=O) groups is 2. The number of hydrogen-bond acceptors (Lipinski definition) is 10. The first-order valence-electron chi connectivity index (χ1n) is 23.9. The number of hydrogen-bond donors (Lipinski definition) is 4. The van der Waals surface area contributed by atoms with Crippen LogP contribution in [0.3, 0.4) is 0 Å². The van der Waals surface area contributed by atoms with Crippen LogP contribution in [0.4, 0.5) is 0 Å². The zero-order valence-corrected chi connectivity index (χ0v) is 37.7. The minimum atomic E-state index is -1.60. The van der Waals surface area contributed by atoms with Crippen LogP contribution in [0.2, 0.25) is 0 Å². The van der Waals surface area contributed by atoms with Gasteiger partial charge in [0.15, 0.2) is 12.4 Å². The quantitative estimate of drug-likeness (QED) is 0.0267. The van der Waals surface area contributed by atoms with Gasteiger partial charge < -0.3 is 39.4 Å². The number of allylic oxidation sites excluding steroid dienone is 10. The summed E-state index contributed by atoms with van der Waals surface area (Å²) >= 11 is 0. The Morgan fingerprint density at radius 2 is 0.983 bits per heavy atom. The van der Waals surface area contributed by atoms with Gasteiger partial charge in [-0.2, -0.15) is 0 Å². The molecule has 1 rings (SSSR count). The van der Waals surface area contributed by atoms with Gasteiger partial charge in [0.05, 0.1) is 13.2 Å². The van der Waals surface area contributed by atoms with Crippen LogP contribution in [0.1, 0.15) is 187 Å². The minimum Gasteiger partial charge on any atom is -0.462 e. The van der Waals surface area contributed by atoms with Crippen molar-refractivity contribution >= 4 is 11.9 Å². The molecule has 10 heteroatoms. The van der Waals surface area contributed by atoms with Crippen LogP contribution in [0.25, 0.3) is 0 Å². The van der Waals surface area contributed by atoms with Gasteiger partial charge in [0, 0.05) is 12.8 Å². The fourth-order valence-electron chi connectivity index (χ4n) is 6.92. The Hall–Kier alpha value is -2.60. The Kier molecular flexibility index (Phi) is 37.4. The van der Waals surface area contributed by atoms with E-state index in [1.807, 2.05) is 0 Å². The number of unbranched alkanes of at least 4 members (excludes halogenated alkanes) is 18. The summed E-state index contributed by atoms with van der Waals surface area (Å²) in [7, 11) is 0. The monoisotopic (exact) mass is 847 g/mol. The molecular formula is C50H86O10. The first-order valence-corrected chi connectivity index (χ1v) is 23.9. The highest BCUT2D eigenvalue weighted by atomic mass is 16.7. The standard InChI is InChI=1S/C50H86O10/c1-3-5-7-9-11-13-15-17-19-21-22-23-25-26-28-30-32-34-36-38-45(52)57-41-43(42-58-50-49(56)48(55)47(54)44(40-51)60-50)59-46(53)39-37-35-33-31-29-27-24-20-18-16-14-12-10-8-6-4-2/h5,7,11,13,17,19,22-23,26,28,43-44,47-51,54-56H,3-4,6,8-10,12,14-16,18,20-21,24-25,27,29-42H2,1-2H3/b7-5+,13-11+,19-17+,23-22+,28-26+/t43-,44-,47+,48?,49?,50-/m0/s1. The van der Waals surface area contributed by atoms with Gasteiger partial charge in [0.2, 0.25) is 0 Å². The molecule has 0 saturated carbocycles. The summed E-state index contributed by atoms with van der Waals surface area (Å²) in [6.07, 6.45) is 42.2. The summed E-state index contributed by atoms with van der Waals surface area (Å²) in [4.78, 5) is 25.4. The molecule has 0 aliphatic carbocycles. The molecule has 1 fully saturated rings. The molecule has 0 bridgehead atoms. The SMILES string of the molecule is CC/C=C/C/C=C/C/C=C/C/C=C/C/C=C/CCCCCC(=O)OC[C@@H](CO[C@H]1O[C@@H](CO)[C@@H](O)C(O)C1O)OC(=O)CCCCCCCCCCCCCCCCCC. The van der Waals surface area contributed by atoms with Gasteiger partial charge in [-0.3, -0.25) is 9.59 Å². The number of aliphatic hydroxyl groups excluding tert-OH is 4. The minimum absolute atomic E-state index is 0.223. The molecule has 1 heterocycles. The predicted octanol–water partition coefficient (Wildman–Crippen LogP) is 10.6. The van der Waals surface area contributed by atoms with Gasteiger partial charge in [-0.25, -0.2) is 0 Å². The lowest BCUT2D eigenvalue weighted by Crippen LogP contribution is -2.59. The maximum atomic E-state index is 12.8. The smallest absolute Gasteiger partial charge is 0.306 e. The third kappa shape index (κ3) is 31.3. The molecular weight excluding hydrogens is 761 g/mol. The average Bonchev–Trinajstić information content (AvgIpc) is 3.25. The number of carbonyl (C=O) groups excluding carboxylic acids is 2. The fraction of sp³-hybridized carbons (Fsp3) is 0.760. The maximum absolute atomic E-state index is 12.8. The summed E-state index contributed by atoms with van der Waals surface area (Å²) in [5.41, 5.74) is 0. The van der Waals surface area contributed by atoms with E-state index in [0.717, 1.165) is 70.6 Å². The van der Waals surface area contributed by atoms with Crippen LogP contribution in [0.15, 0.2) is 60.8 Å². The summed E-state index contributed by atoms with van der Waals surface area (Å²) in [5, 5.41) is 40.1. The van der Waals surface area contributed by atoms with Crippen molar-refractivity contribution in [2.24, 2.45) is 0 Å². The number of rotatable bonds is 39. The second-order valence-electron chi connectivity index (χ2n) is 16.2. The molecule has 0 aromatic heterocycles. The summed E-state index contributed by atoms with van der Waals surface area (Å²) in [6.45, 7) is 3.28. The molecule has 0 aromatic carbocycles. The van der Waals surface area contributed by atoms with Gasteiger partial charge in [-0.15, -0.1) is 0 Å². The van der Waals surface area contributed by atoms with E-state index in [1.54, 1.807) is 0 Å². The summed E-state index contributed by atoms with van der Waals surface area (Å²) in [5.74, 6) is -0.842. The Bertz CT molecular complexity index is 1160. The molecule has 1 aliphatic rings. The first kappa shape index (κ1) is 55.4. The molecule has 346 valence electrons. The second kappa shape index (κ2) is 40.5. The van der Waals surface area contributed by atoms with Gasteiger partial charge in [0.25, 0.3) is 0 Å². The van der Waals surface area contributed by atoms with Gasteiger partial charge in [-0.1, -0.05) is 177 Å². The number of aliphatic hydroxyl groups is 4. The zero-order valence-electron chi connectivity index (χ0n) is 37.7. The van der Waals surface area contributed by atoms with Crippen molar-refractivity contribution in [1.29, 1.82) is 0 Å². The topological polar surface area (TPSA) is 152 Å². The first-order chi connectivity index (χ1) is 29.3. The molecule has 60 heavy (non-hydrogen) atoms. The molecule has 4 N–H and O–H groups in total. The van der Waals surface area contributed by atoms with Crippen LogP contribution < -0.4 is 0 Å². The highest BCUT2D eigenvalue weighted by molar-refractivity contribution is 5.70. The lowest BCUT2D eigenvalue weighted by atomic mass is 9.99. The van der Waals surface area contributed by atoms with E-state index in [9.17, 15) is 30.0 Å². The Morgan fingerprint density at radius 1 is 0.533 bits per heavy atom. The van der Waals surface area contributed by atoms with Crippen molar-refractivity contribution in [1.82, 2.24) is 0 Å². The predicted molar refractivity (Wildman–Crippen MR) is 242 cm³/mol. The van der Waals surface area contributed by atoms with Crippen molar-refractivity contribution < 1.29 is 49.0 Å². The lowest BCUT2D eigenvalue weighted by molar-refractivity contribution is -0.305. The van der Waals surface area contributed by atoms with Gasteiger partial charge >= 0.3 is 11.9 Å². The van der Waals surface area contributed by atoms with Crippen LogP contribution in [0, 0.1) is 0 Å². The van der Waals surface area contributed by atoms with Crippen molar-refractivity contribution in [2.45, 2.75) is 224 Å². The zero-order chi connectivity index (χ0) is 43.7. The highest BCUT2D eigenvalue weighted by Crippen LogP contribution is 2.23. The molecule has 10 nitrogen and oxygen atoms in total. The van der Waals surface area contributed by atoms with Crippen molar-refractivity contribution in [3.05, 3.63) is 60.8 Å². The third-order valence-corrected chi connectivity index (χ3v) is 10.7. The van der Waals surface area contributed by atoms with E-state index >= 15 is 0 Å². The second-order valence-corrected chi connectivity index (χ2v) is 16.2. The third-order valence-electron chi connectivity index (χ3n) is 10.7. The number of ether oxygens (including phenoxy) is 4. The lowest BCUT2D eigenvalue weighted by Gasteiger charge is -2.39. The Balaban J connectivity index is 2.33. The van der Waals surface area contributed by atoms with Crippen LogP contribution >= 0.6 is 0 Å². The average molecular weight is 847 g/mol. The van der Waals surface area contributed by atoms with Crippen molar-refractivity contribution in [2.75, 3.05) is 19.8 Å². The van der Waals surface area contributed by atoms with E-state index in [2.05, 4.69) is 74.6 Å². The van der Waals surface area contributed by atoms with E-state index in [4.69, 9.17) is 18.9 Å². The summed E-state index contributed by atoms with van der Waals surface area (Å²) < 4.78 is 22.2. The summed E-state index contributed by atoms with van der Waals surface area (Å²) in [6, 6.07) is 0. The molecule has 0 spiro atoms. The highest BCUT2D eigenvalue weighted by Gasteiger charge is 2.44. The van der Waals surface area contributed by atoms with E-state index in [-0.39, 0.29) is 26.1 Å². The van der Waals surface area contributed by atoms with Gasteiger partial charge in [0.1, 0.15) is 31.0 Å². The molecule has 6 atom stereocenters. The molecule has 0 radical (unpaired) electrons. The van der Waals surface area contributed by atoms with Gasteiger partial charge in [-0.05, 0) is 57.8 Å². The normalized spacial score (nSPS) is 20.4. The number of esters is 2. The Morgan fingerprint density at radius 3 is 1.48 bits per heavy atom. The molecule has 2 unspecified atom stereocenters. The maximum Gasteiger partial charge on any atom is 0.306 e. The fourth-order valence-corrected chi connectivity index (χ4v) is 6.92. The molecule has 1 aliphatic heterocycles.